The van der Waals surface area contributed by atoms with Gasteiger partial charge >= 0.3 is 0 Å². The fourth-order valence-electron chi connectivity index (χ4n) is 4.80. The maximum absolute atomic E-state index is 10.6. The monoisotopic (exact) mass is 208 g/mol. The molecule has 0 aromatic rings. The molecule has 0 heterocycles. The Morgan fingerprint density at radius 2 is 2.00 bits per heavy atom. The van der Waals surface area contributed by atoms with Crippen LogP contribution in [0.1, 0.15) is 45.4 Å². The van der Waals surface area contributed by atoms with Crippen molar-refractivity contribution in [3.05, 3.63) is 0 Å². The molecular weight excluding hydrogens is 188 g/mol. The van der Waals surface area contributed by atoms with Crippen LogP contribution in [0.15, 0.2) is 0 Å². The van der Waals surface area contributed by atoms with E-state index in [-0.39, 0.29) is 5.60 Å². The van der Waals surface area contributed by atoms with Crippen molar-refractivity contribution >= 4 is 6.47 Å². The van der Waals surface area contributed by atoms with E-state index in [0.717, 1.165) is 24.2 Å². The van der Waals surface area contributed by atoms with Gasteiger partial charge in [-0.15, -0.1) is 0 Å². The molecule has 15 heavy (non-hydrogen) atoms. The van der Waals surface area contributed by atoms with E-state index in [1.54, 1.807) is 0 Å². The third kappa shape index (κ3) is 1.26. The van der Waals surface area contributed by atoms with E-state index in [1.165, 1.54) is 32.1 Å². The van der Waals surface area contributed by atoms with Gasteiger partial charge in [0.25, 0.3) is 6.47 Å². The van der Waals surface area contributed by atoms with Crippen LogP contribution in [0.3, 0.4) is 0 Å². The predicted octanol–water partition coefficient (Wildman–Crippen LogP) is 2.76. The first-order valence-electron chi connectivity index (χ1n) is 6.36. The number of ether oxygens (including phenoxy) is 1. The van der Waals surface area contributed by atoms with Crippen LogP contribution in [0, 0.1) is 23.7 Å². The average Bonchev–Trinajstić information content (AvgIpc) is 2.74. The van der Waals surface area contributed by atoms with Crippen molar-refractivity contribution in [2.45, 2.75) is 51.0 Å². The fraction of sp³-hybridized carbons (Fsp3) is 0.923. The van der Waals surface area contributed by atoms with Gasteiger partial charge in [0.2, 0.25) is 0 Å². The van der Waals surface area contributed by atoms with Crippen LogP contribution in [0.5, 0.6) is 0 Å². The maximum atomic E-state index is 10.6. The highest BCUT2D eigenvalue weighted by Crippen LogP contribution is 2.61. The van der Waals surface area contributed by atoms with E-state index >= 15 is 0 Å². The van der Waals surface area contributed by atoms with Gasteiger partial charge in [0.15, 0.2) is 0 Å². The largest absolute Gasteiger partial charge is 0.461 e. The fourth-order valence-corrected chi connectivity index (χ4v) is 4.80. The van der Waals surface area contributed by atoms with Crippen LogP contribution in [-0.2, 0) is 9.53 Å². The molecule has 2 bridgehead atoms. The SMILES string of the molecule is CC1(OC=O)CC2CC1C1CCCCC21. The summed E-state index contributed by atoms with van der Waals surface area (Å²) in [6.07, 6.45) is 8.07. The van der Waals surface area contributed by atoms with E-state index in [9.17, 15) is 4.79 Å². The molecule has 2 heteroatoms. The lowest BCUT2D eigenvalue weighted by molar-refractivity contribution is -0.152. The van der Waals surface area contributed by atoms with Crippen LogP contribution in [0.4, 0.5) is 0 Å². The Morgan fingerprint density at radius 1 is 1.27 bits per heavy atom. The topological polar surface area (TPSA) is 26.3 Å². The van der Waals surface area contributed by atoms with Gasteiger partial charge in [0.05, 0.1) is 0 Å². The van der Waals surface area contributed by atoms with E-state index in [0.29, 0.717) is 12.4 Å². The molecule has 3 aliphatic rings. The number of rotatable bonds is 2. The van der Waals surface area contributed by atoms with Crippen LogP contribution >= 0.6 is 0 Å². The lowest BCUT2D eigenvalue weighted by Gasteiger charge is -2.43. The number of hydrogen-bond acceptors (Lipinski definition) is 2. The Balaban J connectivity index is 1.82. The molecule has 3 rings (SSSR count). The molecule has 84 valence electrons. The van der Waals surface area contributed by atoms with Gasteiger partial charge in [-0.2, -0.15) is 0 Å². The van der Waals surface area contributed by atoms with E-state index in [4.69, 9.17) is 4.74 Å². The third-order valence-corrected chi connectivity index (χ3v) is 5.32. The zero-order valence-corrected chi connectivity index (χ0v) is 9.45. The van der Waals surface area contributed by atoms with Gasteiger partial charge in [0, 0.05) is 5.92 Å². The Kier molecular flexibility index (Phi) is 2.08. The molecule has 0 spiro atoms. The molecule has 3 saturated carbocycles. The van der Waals surface area contributed by atoms with Crippen molar-refractivity contribution in [2.75, 3.05) is 0 Å². The molecule has 0 aromatic heterocycles. The van der Waals surface area contributed by atoms with Gasteiger partial charge in [-0.25, -0.2) is 0 Å². The highest BCUT2D eigenvalue weighted by atomic mass is 16.5. The average molecular weight is 208 g/mol. The summed E-state index contributed by atoms with van der Waals surface area (Å²) in [5.41, 5.74) is -0.120. The van der Waals surface area contributed by atoms with Crippen LogP contribution in [-0.4, -0.2) is 12.1 Å². The van der Waals surface area contributed by atoms with Crippen molar-refractivity contribution in [1.29, 1.82) is 0 Å². The van der Waals surface area contributed by atoms with Crippen molar-refractivity contribution in [1.82, 2.24) is 0 Å². The van der Waals surface area contributed by atoms with Crippen molar-refractivity contribution in [2.24, 2.45) is 23.7 Å². The molecule has 5 atom stereocenters. The summed E-state index contributed by atoms with van der Waals surface area (Å²) >= 11 is 0. The molecule has 2 nitrogen and oxygen atoms in total. The summed E-state index contributed by atoms with van der Waals surface area (Å²) in [4.78, 5) is 10.6. The lowest BCUT2D eigenvalue weighted by atomic mass is 9.66. The first-order chi connectivity index (χ1) is 7.24. The highest BCUT2D eigenvalue weighted by Gasteiger charge is 2.59. The zero-order valence-electron chi connectivity index (χ0n) is 9.45. The second-order valence-corrected chi connectivity index (χ2v) is 5.95. The smallest absolute Gasteiger partial charge is 0.293 e. The number of carbonyl (C=O) groups is 1. The van der Waals surface area contributed by atoms with Crippen LogP contribution in [0.2, 0.25) is 0 Å². The van der Waals surface area contributed by atoms with E-state index in [1.807, 2.05) is 0 Å². The highest BCUT2D eigenvalue weighted by molar-refractivity contribution is 5.39. The molecule has 3 fully saturated rings. The van der Waals surface area contributed by atoms with Crippen molar-refractivity contribution in [3.63, 3.8) is 0 Å². The first-order valence-corrected chi connectivity index (χ1v) is 6.36. The first kappa shape index (κ1) is 9.68. The van der Waals surface area contributed by atoms with E-state index in [2.05, 4.69) is 6.92 Å². The summed E-state index contributed by atoms with van der Waals surface area (Å²) < 4.78 is 5.39. The minimum atomic E-state index is -0.120. The Morgan fingerprint density at radius 3 is 2.73 bits per heavy atom. The number of carbonyl (C=O) groups excluding carboxylic acids is 1. The van der Waals surface area contributed by atoms with Gasteiger partial charge in [-0.3, -0.25) is 4.79 Å². The Hall–Kier alpha value is -0.530. The van der Waals surface area contributed by atoms with E-state index < -0.39 is 0 Å². The summed E-state index contributed by atoms with van der Waals surface area (Å²) in [6.45, 7) is 2.81. The van der Waals surface area contributed by atoms with Crippen molar-refractivity contribution in [3.8, 4) is 0 Å². The summed E-state index contributed by atoms with van der Waals surface area (Å²) in [5.74, 6) is 3.35. The molecule has 0 N–H and O–H groups in total. The molecule has 0 amide bonds. The van der Waals surface area contributed by atoms with Crippen molar-refractivity contribution < 1.29 is 9.53 Å². The minimum absolute atomic E-state index is 0.120. The molecule has 3 aliphatic carbocycles. The quantitative estimate of drug-likeness (QED) is 0.652. The summed E-state index contributed by atoms with van der Waals surface area (Å²) in [7, 11) is 0. The number of hydrogen-bond donors (Lipinski definition) is 0. The second-order valence-electron chi connectivity index (χ2n) is 5.95. The molecular formula is C13H20O2. The van der Waals surface area contributed by atoms with Gasteiger partial charge in [0.1, 0.15) is 5.60 Å². The predicted molar refractivity (Wildman–Crippen MR) is 57.2 cm³/mol. The lowest BCUT2D eigenvalue weighted by Crippen LogP contribution is -2.43. The number of fused-ring (bicyclic) bond motifs is 5. The Bertz CT molecular complexity index is 276. The normalized spacial score (nSPS) is 52.6. The molecule has 5 unspecified atom stereocenters. The van der Waals surface area contributed by atoms with Gasteiger partial charge in [-0.05, 0) is 50.4 Å². The van der Waals surface area contributed by atoms with Gasteiger partial charge in [-0.1, -0.05) is 12.8 Å². The Labute approximate surface area is 91.4 Å². The minimum Gasteiger partial charge on any atom is -0.461 e. The molecule has 0 aromatic carbocycles. The summed E-state index contributed by atoms with van der Waals surface area (Å²) in [6, 6.07) is 0. The molecule has 0 aliphatic heterocycles. The van der Waals surface area contributed by atoms with Crippen LogP contribution < -0.4 is 0 Å². The third-order valence-electron chi connectivity index (χ3n) is 5.32. The second kappa shape index (κ2) is 3.23. The zero-order chi connectivity index (χ0) is 10.5. The summed E-state index contributed by atoms with van der Waals surface area (Å²) in [5, 5.41) is 0. The standard InChI is InChI=1S/C13H20O2/c1-13(15-8-14)7-9-6-12(13)11-5-3-2-4-10(9)11/h8-12H,2-7H2,1H3. The molecule has 0 radical (unpaired) electrons. The van der Waals surface area contributed by atoms with Gasteiger partial charge < -0.3 is 4.74 Å². The van der Waals surface area contributed by atoms with Crippen LogP contribution in [0.25, 0.3) is 0 Å². The maximum Gasteiger partial charge on any atom is 0.293 e. The molecule has 0 saturated heterocycles.